The van der Waals surface area contributed by atoms with Crippen LogP contribution in [0.2, 0.25) is 0 Å². The van der Waals surface area contributed by atoms with Crippen LogP contribution in [0.4, 0.5) is 8.78 Å². The Balaban J connectivity index is 1.63. The predicted molar refractivity (Wildman–Crippen MR) is 179 cm³/mol. The number of ether oxygens (including phenoxy) is 1. The zero-order valence-electron chi connectivity index (χ0n) is 25.9. The maximum Gasteiger partial charge on any atom is 0.339 e. The molecule has 0 heterocycles. The Bertz CT molecular complexity index is 1430. The Hall–Kier alpha value is -4.78. The quantitative estimate of drug-likeness (QED) is 0.0881. The lowest BCUT2D eigenvalue weighted by atomic mass is 10.0. The zero-order chi connectivity index (χ0) is 32.7. The van der Waals surface area contributed by atoms with E-state index >= 15 is 0 Å². The first-order valence-corrected chi connectivity index (χ1v) is 15.2. The molecule has 0 aliphatic rings. The minimum atomic E-state index is -1.35. The van der Waals surface area contributed by atoms with Gasteiger partial charge in [-0.1, -0.05) is 92.5 Å². The van der Waals surface area contributed by atoms with Crippen LogP contribution in [0.25, 0.3) is 11.1 Å². The van der Waals surface area contributed by atoms with Gasteiger partial charge in [0.05, 0.1) is 0 Å². The van der Waals surface area contributed by atoms with Crippen molar-refractivity contribution >= 4 is 11.9 Å². The minimum Gasteiger partial charge on any atom is -0.478 e. The number of benzene rings is 2. The van der Waals surface area contributed by atoms with Gasteiger partial charge < -0.3 is 15.2 Å². The summed E-state index contributed by atoms with van der Waals surface area (Å²) in [6.07, 6.45) is 32.9. The summed E-state index contributed by atoms with van der Waals surface area (Å²) in [6, 6.07) is 6.87. The number of carboxylic acid groups (broad SMARTS) is 1. The lowest BCUT2D eigenvalue weighted by Crippen LogP contribution is -2.26. The van der Waals surface area contributed by atoms with Gasteiger partial charge in [-0.15, -0.1) is 0 Å². The van der Waals surface area contributed by atoms with Crippen molar-refractivity contribution in [3.8, 4) is 16.9 Å². The fourth-order valence-corrected chi connectivity index (χ4v) is 4.02. The van der Waals surface area contributed by atoms with Crippen molar-refractivity contribution < 1.29 is 28.2 Å². The Morgan fingerprint density at radius 3 is 1.89 bits per heavy atom. The Labute approximate surface area is 265 Å². The van der Waals surface area contributed by atoms with Gasteiger partial charge >= 0.3 is 11.9 Å². The van der Waals surface area contributed by atoms with Crippen LogP contribution in [-0.4, -0.2) is 23.6 Å². The molecule has 238 valence electrons. The van der Waals surface area contributed by atoms with Crippen molar-refractivity contribution in [1.29, 1.82) is 0 Å². The molecule has 7 heteroatoms. The highest BCUT2D eigenvalue weighted by Gasteiger charge is 2.17. The summed E-state index contributed by atoms with van der Waals surface area (Å²) in [6.45, 7) is 5.85. The molecule has 0 atom stereocenters. The summed E-state index contributed by atoms with van der Waals surface area (Å²) in [7, 11) is 0. The van der Waals surface area contributed by atoms with Crippen LogP contribution in [0.5, 0.6) is 5.75 Å². The fourth-order valence-electron chi connectivity index (χ4n) is 4.02. The average molecular weight is 616 g/mol. The largest absolute Gasteiger partial charge is 0.478 e. The van der Waals surface area contributed by atoms with E-state index in [2.05, 4.69) is 91.7 Å². The zero-order valence-corrected chi connectivity index (χ0v) is 25.9. The number of hydrogen-bond donors (Lipinski definition) is 2. The minimum absolute atomic E-state index is 0.0293. The first kappa shape index (κ1) is 36.4. The summed E-state index contributed by atoms with van der Waals surface area (Å²) in [5.41, 5.74) is 0.570. The van der Waals surface area contributed by atoms with Crippen LogP contribution in [0.15, 0.2) is 122 Å². The van der Waals surface area contributed by atoms with Crippen molar-refractivity contribution in [3.63, 3.8) is 0 Å². The number of carbonyl (C=O) groups excluding carboxylic acids is 1. The maximum absolute atomic E-state index is 14.1. The second-order valence-corrected chi connectivity index (χ2v) is 10.0. The van der Waals surface area contributed by atoms with Gasteiger partial charge in [0, 0.05) is 17.3 Å². The molecular formula is C38H43F2NO4. The molecule has 0 aliphatic carbocycles. The monoisotopic (exact) mass is 615 g/mol. The number of carboxylic acids is 1. The van der Waals surface area contributed by atoms with E-state index in [4.69, 9.17) is 4.74 Å². The van der Waals surface area contributed by atoms with Crippen LogP contribution in [-0.2, 0) is 4.79 Å². The Kier molecular flexibility index (Phi) is 17.7. The second-order valence-electron chi connectivity index (χ2n) is 10.0. The van der Waals surface area contributed by atoms with Gasteiger partial charge in [0.25, 0.3) is 0 Å². The van der Waals surface area contributed by atoms with Crippen LogP contribution < -0.4 is 10.1 Å². The molecule has 0 saturated carbocycles. The number of nitrogens with one attached hydrogen (secondary N) is 1. The first-order valence-electron chi connectivity index (χ1n) is 15.2. The van der Waals surface area contributed by atoms with Crippen molar-refractivity contribution in [2.24, 2.45) is 0 Å². The van der Waals surface area contributed by atoms with Crippen molar-refractivity contribution in [2.75, 3.05) is 6.54 Å². The number of hydrogen-bond acceptors (Lipinski definition) is 4. The normalized spacial score (nSPS) is 12.1. The van der Waals surface area contributed by atoms with Crippen LogP contribution >= 0.6 is 0 Å². The van der Waals surface area contributed by atoms with E-state index in [1.54, 1.807) is 0 Å². The highest BCUT2D eigenvalue weighted by atomic mass is 19.1. The molecule has 0 fully saturated rings. The van der Waals surface area contributed by atoms with E-state index in [1.165, 1.54) is 24.3 Å². The average Bonchev–Trinajstić information content (AvgIpc) is 3.01. The van der Waals surface area contributed by atoms with E-state index in [-0.39, 0.29) is 29.0 Å². The van der Waals surface area contributed by atoms with Gasteiger partial charge in [0.1, 0.15) is 29.5 Å². The molecule has 0 aliphatic heterocycles. The summed E-state index contributed by atoms with van der Waals surface area (Å²) in [5, 5.41) is 12.5. The highest BCUT2D eigenvalue weighted by Crippen LogP contribution is 2.29. The third-order valence-electron chi connectivity index (χ3n) is 6.37. The predicted octanol–water partition coefficient (Wildman–Crippen LogP) is 9.82. The third kappa shape index (κ3) is 15.5. The topological polar surface area (TPSA) is 75.6 Å². The summed E-state index contributed by atoms with van der Waals surface area (Å²) < 4.78 is 32.6. The summed E-state index contributed by atoms with van der Waals surface area (Å²) in [4.78, 5) is 24.1. The molecule has 0 aromatic heterocycles. The van der Waals surface area contributed by atoms with Gasteiger partial charge in [-0.3, -0.25) is 0 Å². The van der Waals surface area contributed by atoms with Crippen molar-refractivity contribution in [2.45, 2.75) is 58.3 Å². The summed E-state index contributed by atoms with van der Waals surface area (Å²) in [5.74, 6) is -3.80. The Morgan fingerprint density at radius 2 is 1.36 bits per heavy atom. The van der Waals surface area contributed by atoms with Crippen LogP contribution in [0, 0.1) is 11.6 Å². The number of rotatable bonds is 20. The molecule has 2 aromatic rings. The summed E-state index contributed by atoms with van der Waals surface area (Å²) >= 11 is 0. The molecule has 2 rings (SSSR count). The number of esters is 1. The highest BCUT2D eigenvalue weighted by molar-refractivity contribution is 5.94. The smallest absolute Gasteiger partial charge is 0.339 e. The van der Waals surface area contributed by atoms with E-state index in [0.29, 0.717) is 18.2 Å². The standard InChI is InChI=1S/C38H43F2NO4/c1-3-4-5-6-7-8-9-10-11-12-13-14-15-16-17-18-19-20-21-22-30(2)41-29-37(42)45-36-26-23-31(27-34(36)38(43)44)33-25-24-32(39)28-35(33)40/h4-5,7-8,10-11,13-14,16-17,19-20,23-28,41H,2-3,6,9,12,15,18,21-22,29H2,1H3,(H,43,44)/b5-4-,8-7-,11-10-,14-13-,17-16-,20-19-. The van der Waals surface area contributed by atoms with E-state index in [9.17, 15) is 23.5 Å². The Morgan fingerprint density at radius 1 is 0.800 bits per heavy atom. The SMILES string of the molecule is C=C(CC/C=C\C/C=C\C/C=C\C/C=C\C/C=C\C/C=C\CC)NCC(=O)Oc1ccc(-c2ccc(F)cc2F)cc1C(=O)O. The first-order chi connectivity index (χ1) is 21.8. The number of carbonyl (C=O) groups is 2. The maximum atomic E-state index is 14.1. The molecule has 0 spiro atoms. The molecule has 2 N–H and O–H groups in total. The van der Waals surface area contributed by atoms with Gasteiger partial charge in [0.15, 0.2) is 0 Å². The molecule has 45 heavy (non-hydrogen) atoms. The molecule has 0 saturated heterocycles. The number of allylic oxidation sites excluding steroid dienone is 13. The molecule has 0 amide bonds. The van der Waals surface area contributed by atoms with E-state index in [0.717, 1.165) is 51.0 Å². The molecule has 0 unspecified atom stereocenters. The van der Waals surface area contributed by atoms with E-state index < -0.39 is 23.6 Å². The second kappa shape index (κ2) is 21.8. The van der Waals surface area contributed by atoms with Crippen LogP contribution in [0.3, 0.4) is 0 Å². The van der Waals surface area contributed by atoms with Gasteiger partial charge in [0.2, 0.25) is 0 Å². The van der Waals surface area contributed by atoms with Gasteiger partial charge in [-0.25, -0.2) is 18.4 Å². The molecule has 2 aromatic carbocycles. The third-order valence-corrected chi connectivity index (χ3v) is 6.37. The van der Waals surface area contributed by atoms with Crippen LogP contribution in [0.1, 0.15) is 68.6 Å². The molecule has 0 bridgehead atoms. The van der Waals surface area contributed by atoms with Gasteiger partial charge in [-0.2, -0.15) is 0 Å². The van der Waals surface area contributed by atoms with Crippen molar-refractivity contribution in [1.82, 2.24) is 5.32 Å². The molecular weight excluding hydrogens is 572 g/mol. The lowest BCUT2D eigenvalue weighted by Gasteiger charge is -2.12. The molecule has 5 nitrogen and oxygen atoms in total. The van der Waals surface area contributed by atoms with E-state index in [1.807, 2.05) is 0 Å². The number of halogens is 2. The molecule has 0 radical (unpaired) electrons. The number of aromatic carboxylic acids is 1. The lowest BCUT2D eigenvalue weighted by molar-refractivity contribution is -0.133. The van der Waals surface area contributed by atoms with Crippen molar-refractivity contribution in [3.05, 3.63) is 139 Å². The van der Waals surface area contributed by atoms with Gasteiger partial charge in [-0.05, 0) is 81.2 Å². The fraction of sp³-hybridized carbons (Fsp3) is 0.263.